The standard InChI is InChI=1S/C19H18FN3O2/c1-13(14-7-9-15(20)10-8-14)22(2)19(25)12-23-17-6-4-3-5-16(17)21-11-18(23)24/h3-11,13H,12H2,1-2H3. The summed E-state index contributed by atoms with van der Waals surface area (Å²) >= 11 is 0. The molecule has 1 unspecified atom stereocenters. The zero-order valence-corrected chi connectivity index (χ0v) is 14.0. The van der Waals surface area contributed by atoms with Gasteiger partial charge < -0.3 is 4.90 Å². The fourth-order valence-corrected chi connectivity index (χ4v) is 2.71. The largest absolute Gasteiger partial charge is 0.337 e. The van der Waals surface area contributed by atoms with E-state index in [1.54, 1.807) is 42.3 Å². The molecule has 1 heterocycles. The molecule has 0 aliphatic rings. The summed E-state index contributed by atoms with van der Waals surface area (Å²) in [5.41, 5.74) is 1.77. The first-order valence-corrected chi connectivity index (χ1v) is 7.93. The fraction of sp³-hybridized carbons (Fsp3) is 0.211. The number of carbonyl (C=O) groups excluding carboxylic acids is 1. The summed E-state index contributed by atoms with van der Waals surface area (Å²) in [5, 5.41) is 0. The maximum atomic E-state index is 13.1. The van der Waals surface area contributed by atoms with Crippen LogP contribution in [0.2, 0.25) is 0 Å². The molecule has 1 atom stereocenters. The second-order valence-corrected chi connectivity index (χ2v) is 5.90. The van der Waals surface area contributed by atoms with Gasteiger partial charge in [0, 0.05) is 7.05 Å². The summed E-state index contributed by atoms with van der Waals surface area (Å²) in [6, 6.07) is 13.0. The Balaban J connectivity index is 1.86. The third-order valence-corrected chi connectivity index (χ3v) is 4.37. The van der Waals surface area contributed by atoms with Crippen LogP contribution in [0.4, 0.5) is 4.39 Å². The Morgan fingerprint density at radius 3 is 2.60 bits per heavy atom. The van der Waals surface area contributed by atoms with Crippen molar-refractivity contribution in [3.05, 3.63) is 76.5 Å². The molecule has 3 aromatic rings. The number of hydrogen-bond donors (Lipinski definition) is 0. The third-order valence-electron chi connectivity index (χ3n) is 4.37. The number of nitrogens with zero attached hydrogens (tertiary/aromatic N) is 3. The molecule has 128 valence electrons. The number of aromatic nitrogens is 2. The second kappa shape index (κ2) is 6.84. The Labute approximate surface area is 144 Å². The number of para-hydroxylation sites is 2. The average Bonchev–Trinajstić information content (AvgIpc) is 2.63. The number of amides is 1. The SMILES string of the molecule is CC(c1ccc(F)cc1)N(C)C(=O)Cn1c(=O)cnc2ccccc21. The van der Waals surface area contributed by atoms with Crippen molar-refractivity contribution in [1.82, 2.24) is 14.5 Å². The summed E-state index contributed by atoms with van der Waals surface area (Å²) in [4.78, 5) is 30.5. The van der Waals surface area contributed by atoms with E-state index in [2.05, 4.69) is 4.98 Å². The van der Waals surface area contributed by atoms with Crippen LogP contribution in [0.3, 0.4) is 0 Å². The lowest BCUT2D eigenvalue weighted by Gasteiger charge is -2.26. The topological polar surface area (TPSA) is 55.2 Å². The minimum atomic E-state index is -0.324. The molecule has 0 spiro atoms. The quantitative estimate of drug-likeness (QED) is 0.734. The Morgan fingerprint density at radius 1 is 1.20 bits per heavy atom. The lowest BCUT2D eigenvalue weighted by molar-refractivity contribution is -0.132. The highest BCUT2D eigenvalue weighted by Gasteiger charge is 2.19. The minimum absolute atomic E-state index is 0.0795. The highest BCUT2D eigenvalue weighted by molar-refractivity contribution is 5.80. The molecule has 0 fully saturated rings. The molecule has 1 aromatic heterocycles. The van der Waals surface area contributed by atoms with Crippen molar-refractivity contribution in [2.45, 2.75) is 19.5 Å². The van der Waals surface area contributed by atoms with Crippen LogP contribution >= 0.6 is 0 Å². The van der Waals surface area contributed by atoms with Crippen molar-refractivity contribution in [2.24, 2.45) is 0 Å². The van der Waals surface area contributed by atoms with Crippen molar-refractivity contribution < 1.29 is 9.18 Å². The Bertz CT molecular complexity index is 966. The van der Waals surface area contributed by atoms with E-state index in [0.717, 1.165) is 5.56 Å². The van der Waals surface area contributed by atoms with Gasteiger partial charge in [0.2, 0.25) is 5.91 Å². The molecule has 3 rings (SSSR count). The summed E-state index contributed by atoms with van der Waals surface area (Å²) < 4.78 is 14.5. The van der Waals surface area contributed by atoms with Crippen molar-refractivity contribution in [3.8, 4) is 0 Å². The predicted molar refractivity (Wildman–Crippen MR) is 93.6 cm³/mol. The fourth-order valence-electron chi connectivity index (χ4n) is 2.71. The number of likely N-dealkylation sites (N-methyl/N-ethyl adjacent to an activating group) is 1. The molecule has 0 aliphatic heterocycles. The molecule has 2 aromatic carbocycles. The van der Waals surface area contributed by atoms with Crippen LogP contribution < -0.4 is 5.56 Å². The lowest BCUT2D eigenvalue weighted by atomic mass is 10.1. The van der Waals surface area contributed by atoms with Gasteiger partial charge >= 0.3 is 0 Å². The predicted octanol–water partition coefficient (Wildman–Crippen LogP) is 2.76. The van der Waals surface area contributed by atoms with Crippen molar-refractivity contribution in [3.63, 3.8) is 0 Å². The molecule has 0 saturated heterocycles. The number of benzene rings is 2. The van der Waals surface area contributed by atoms with Crippen LogP contribution in [0.25, 0.3) is 11.0 Å². The number of hydrogen-bond acceptors (Lipinski definition) is 3. The molecule has 25 heavy (non-hydrogen) atoms. The highest BCUT2D eigenvalue weighted by Crippen LogP contribution is 2.19. The summed E-state index contributed by atoms with van der Waals surface area (Å²) in [7, 11) is 1.67. The van der Waals surface area contributed by atoms with Crippen molar-refractivity contribution >= 4 is 16.9 Å². The average molecular weight is 339 g/mol. The van der Waals surface area contributed by atoms with E-state index in [0.29, 0.717) is 11.0 Å². The molecule has 6 heteroatoms. The number of carbonyl (C=O) groups is 1. The van der Waals surface area contributed by atoms with Gasteiger partial charge in [-0.05, 0) is 36.8 Å². The van der Waals surface area contributed by atoms with E-state index in [9.17, 15) is 14.0 Å². The van der Waals surface area contributed by atoms with E-state index < -0.39 is 0 Å². The van der Waals surface area contributed by atoms with Crippen molar-refractivity contribution in [2.75, 3.05) is 7.05 Å². The molecule has 0 radical (unpaired) electrons. The van der Waals surface area contributed by atoms with E-state index >= 15 is 0 Å². The van der Waals surface area contributed by atoms with Gasteiger partial charge in [0.1, 0.15) is 12.4 Å². The first kappa shape index (κ1) is 16.8. The molecule has 0 N–H and O–H groups in total. The van der Waals surface area contributed by atoms with Crippen molar-refractivity contribution in [1.29, 1.82) is 0 Å². The van der Waals surface area contributed by atoms with Gasteiger partial charge in [0.05, 0.1) is 23.3 Å². The first-order chi connectivity index (χ1) is 12.0. The Morgan fingerprint density at radius 2 is 1.88 bits per heavy atom. The second-order valence-electron chi connectivity index (χ2n) is 5.90. The van der Waals surface area contributed by atoms with Gasteiger partial charge in [0.15, 0.2) is 0 Å². The van der Waals surface area contributed by atoms with Crippen LogP contribution in [0.1, 0.15) is 18.5 Å². The number of rotatable bonds is 4. The smallest absolute Gasteiger partial charge is 0.269 e. The van der Waals surface area contributed by atoms with Crippen LogP contribution in [-0.4, -0.2) is 27.4 Å². The molecular formula is C19H18FN3O2. The van der Waals surface area contributed by atoms with Gasteiger partial charge in [-0.2, -0.15) is 0 Å². The van der Waals surface area contributed by atoms with E-state index in [1.165, 1.54) is 22.9 Å². The molecule has 0 bridgehead atoms. The molecule has 5 nitrogen and oxygen atoms in total. The Hall–Kier alpha value is -3.02. The zero-order valence-electron chi connectivity index (χ0n) is 14.0. The van der Waals surface area contributed by atoms with E-state index in [-0.39, 0.29) is 29.9 Å². The maximum Gasteiger partial charge on any atom is 0.269 e. The van der Waals surface area contributed by atoms with Crippen LogP contribution in [0.15, 0.2) is 59.5 Å². The van der Waals surface area contributed by atoms with Crippen LogP contribution in [0, 0.1) is 5.82 Å². The van der Waals surface area contributed by atoms with Gasteiger partial charge in [-0.1, -0.05) is 24.3 Å². The monoisotopic (exact) mass is 339 g/mol. The first-order valence-electron chi connectivity index (χ1n) is 7.93. The summed E-state index contributed by atoms with van der Waals surface area (Å²) in [5.74, 6) is -0.532. The summed E-state index contributed by atoms with van der Waals surface area (Å²) in [6.07, 6.45) is 1.22. The van der Waals surface area contributed by atoms with Gasteiger partial charge in [-0.25, -0.2) is 9.37 Å². The van der Waals surface area contributed by atoms with Gasteiger partial charge in [-0.3, -0.25) is 14.2 Å². The normalized spacial score (nSPS) is 12.1. The maximum absolute atomic E-state index is 13.1. The van der Waals surface area contributed by atoms with E-state index in [1.807, 2.05) is 13.0 Å². The molecule has 0 saturated carbocycles. The highest BCUT2D eigenvalue weighted by atomic mass is 19.1. The Kier molecular flexibility index (Phi) is 4.61. The molecule has 1 amide bonds. The van der Waals surface area contributed by atoms with Gasteiger partial charge in [0.25, 0.3) is 5.56 Å². The van der Waals surface area contributed by atoms with Crippen LogP contribution in [0.5, 0.6) is 0 Å². The number of fused-ring (bicyclic) bond motifs is 1. The molecular weight excluding hydrogens is 321 g/mol. The molecule has 0 aliphatic carbocycles. The zero-order chi connectivity index (χ0) is 18.0. The van der Waals surface area contributed by atoms with Crippen LogP contribution in [-0.2, 0) is 11.3 Å². The van der Waals surface area contributed by atoms with Gasteiger partial charge in [-0.15, -0.1) is 0 Å². The number of halogens is 1. The third kappa shape index (κ3) is 3.42. The minimum Gasteiger partial charge on any atom is -0.337 e. The van der Waals surface area contributed by atoms with E-state index in [4.69, 9.17) is 0 Å². The summed E-state index contributed by atoms with van der Waals surface area (Å²) in [6.45, 7) is 1.78. The lowest BCUT2D eigenvalue weighted by Crippen LogP contribution is -2.35.